The van der Waals surface area contributed by atoms with Gasteiger partial charge in [-0.3, -0.25) is 14.5 Å². The second-order valence-electron chi connectivity index (χ2n) is 6.88. The smallest absolute Gasteiger partial charge is 0.401 e. The maximum atomic E-state index is 12.2. The first-order chi connectivity index (χ1) is 13.2. The number of carbonyl (C=O) groups excluding carboxylic acids is 2. The summed E-state index contributed by atoms with van der Waals surface area (Å²) in [5.74, 6) is 0.567. The van der Waals surface area contributed by atoms with E-state index in [2.05, 4.69) is 10.6 Å². The highest BCUT2D eigenvalue weighted by molar-refractivity contribution is 5.94. The van der Waals surface area contributed by atoms with Crippen molar-refractivity contribution < 1.29 is 27.5 Å². The highest BCUT2D eigenvalue weighted by atomic mass is 19.4. The molecule has 2 rings (SSSR count). The van der Waals surface area contributed by atoms with Gasteiger partial charge in [-0.25, -0.2) is 0 Å². The Hall–Kier alpha value is -2.29. The number of amides is 2. The first kappa shape index (κ1) is 22.0. The molecule has 1 aromatic carbocycles. The molecule has 156 valence electrons. The molecule has 0 atom stereocenters. The number of rotatable bonds is 10. The first-order valence-electron chi connectivity index (χ1n) is 9.30. The van der Waals surface area contributed by atoms with Crippen molar-refractivity contribution in [1.82, 2.24) is 10.2 Å². The molecule has 0 aromatic heterocycles. The third-order valence-corrected chi connectivity index (χ3v) is 4.28. The lowest BCUT2D eigenvalue weighted by molar-refractivity contribution is -0.143. The van der Waals surface area contributed by atoms with Crippen LogP contribution < -0.4 is 15.4 Å². The van der Waals surface area contributed by atoms with Crippen LogP contribution in [0.2, 0.25) is 0 Å². The van der Waals surface area contributed by atoms with Gasteiger partial charge in [0.05, 0.1) is 13.2 Å². The SMILES string of the molecule is CN(CCCNC(=O)CCCOc1ccc2c(c1)CCC(=O)N2)CC(F)(F)F. The number of hydrogen-bond acceptors (Lipinski definition) is 4. The normalized spacial score (nSPS) is 13.8. The molecule has 1 aromatic rings. The first-order valence-corrected chi connectivity index (χ1v) is 9.30. The molecule has 0 aliphatic carbocycles. The van der Waals surface area contributed by atoms with Crippen molar-refractivity contribution in [2.24, 2.45) is 0 Å². The molecule has 1 heterocycles. The number of halogens is 3. The fraction of sp³-hybridized carbons (Fsp3) is 0.579. The van der Waals surface area contributed by atoms with Crippen LogP contribution in [-0.4, -0.2) is 56.2 Å². The summed E-state index contributed by atoms with van der Waals surface area (Å²) in [5, 5.41) is 5.51. The number of carbonyl (C=O) groups is 2. The van der Waals surface area contributed by atoms with Crippen molar-refractivity contribution >= 4 is 17.5 Å². The Balaban J connectivity index is 1.56. The van der Waals surface area contributed by atoms with E-state index in [1.54, 1.807) is 6.07 Å². The molecule has 0 bridgehead atoms. The predicted molar refractivity (Wildman–Crippen MR) is 99.3 cm³/mol. The van der Waals surface area contributed by atoms with Gasteiger partial charge in [0.2, 0.25) is 11.8 Å². The van der Waals surface area contributed by atoms with Gasteiger partial charge in [0.1, 0.15) is 5.75 Å². The molecule has 2 amide bonds. The second-order valence-corrected chi connectivity index (χ2v) is 6.88. The van der Waals surface area contributed by atoms with E-state index in [1.807, 2.05) is 12.1 Å². The van der Waals surface area contributed by atoms with Gasteiger partial charge >= 0.3 is 6.18 Å². The van der Waals surface area contributed by atoms with E-state index in [1.165, 1.54) is 11.9 Å². The fourth-order valence-corrected chi connectivity index (χ4v) is 2.92. The third-order valence-electron chi connectivity index (χ3n) is 4.28. The van der Waals surface area contributed by atoms with Crippen LogP contribution in [0.15, 0.2) is 18.2 Å². The molecule has 1 aliphatic heterocycles. The Morgan fingerprint density at radius 3 is 2.82 bits per heavy atom. The quantitative estimate of drug-likeness (QED) is 0.592. The lowest BCUT2D eigenvalue weighted by Crippen LogP contribution is -2.33. The molecule has 0 radical (unpaired) electrons. The number of nitrogens with zero attached hydrogens (tertiary/aromatic N) is 1. The highest BCUT2D eigenvalue weighted by Gasteiger charge is 2.28. The van der Waals surface area contributed by atoms with Gasteiger partial charge in [-0.1, -0.05) is 0 Å². The Labute approximate surface area is 162 Å². The zero-order valence-corrected chi connectivity index (χ0v) is 15.9. The monoisotopic (exact) mass is 401 g/mol. The van der Waals surface area contributed by atoms with E-state index < -0.39 is 12.7 Å². The number of fused-ring (bicyclic) bond motifs is 1. The molecule has 28 heavy (non-hydrogen) atoms. The topological polar surface area (TPSA) is 70.7 Å². The molecule has 0 saturated heterocycles. The summed E-state index contributed by atoms with van der Waals surface area (Å²) in [7, 11) is 1.40. The molecule has 0 spiro atoms. The van der Waals surface area contributed by atoms with Gasteiger partial charge in [-0.15, -0.1) is 0 Å². The summed E-state index contributed by atoms with van der Waals surface area (Å²) < 4.78 is 42.2. The van der Waals surface area contributed by atoms with Gasteiger partial charge in [-0.05, 0) is 56.6 Å². The van der Waals surface area contributed by atoms with Crippen molar-refractivity contribution in [3.05, 3.63) is 23.8 Å². The maximum absolute atomic E-state index is 12.2. The van der Waals surface area contributed by atoms with Crippen molar-refractivity contribution in [1.29, 1.82) is 0 Å². The van der Waals surface area contributed by atoms with Crippen LogP contribution >= 0.6 is 0 Å². The highest BCUT2D eigenvalue weighted by Crippen LogP contribution is 2.26. The Kier molecular flexibility index (Phi) is 8.10. The summed E-state index contributed by atoms with van der Waals surface area (Å²) in [4.78, 5) is 24.3. The number of hydrogen-bond donors (Lipinski definition) is 2. The van der Waals surface area contributed by atoms with E-state index in [0.29, 0.717) is 51.0 Å². The molecular formula is C19H26F3N3O3. The molecule has 2 N–H and O–H groups in total. The van der Waals surface area contributed by atoms with Gasteiger partial charge in [0.15, 0.2) is 0 Å². The van der Waals surface area contributed by atoms with Crippen LogP contribution in [-0.2, 0) is 16.0 Å². The minimum atomic E-state index is -4.20. The molecule has 6 nitrogen and oxygen atoms in total. The summed E-state index contributed by atoms with van der Waals surface area (Å²) in [6, 6.07) is 5.48. The molecule has 1 aliphatic rings. The van der Waals surface area contributed by atoms with Gasteiger partial charge < -0.3 is 15.4 Å². The lowest BCUT2D eigenvalue weighted by Gasteiger charge is -2.18. The standard InChI is InChI=1S/C19H26F3N3O3/c1-25(13-19(20,21)22)10-3-9-23-17(26)4-2-11-28-15-6-7-16-14(12-15)5-8-18(27)24-16/h6-7,12H,2-5,8-11,13H2,1H3,(H,23,26)(H,24,27). The zero-order valence-electron chi connectivity index (χ0n) is 15.9. The van der Waals surface area contributed by atoms with Crippen molar-refractivity contribution in [2.75, 3.05) is 38.6 Å². The summed E-state index contributed by atoms with van der Waals surface area (Å²) in [6.07, 6.45) is -1.78. The van der Waals surface area contributed by atoms with Crippen LogP contribution in [0.4, 0.5) is 18.9 Å². The zero-order chi connectivity index (χ0) is 20.6. The van der Waals surface area contributed by atoms with Gasteiger partial charge in [-0.2, -0.15) is 13.2 Å². The van der Waals surface area contributed by atoms with Gasteiger partial charge in [0.25, 0.3) is 0 Å². The summed E-state index contributed by atoms with van der Waals surface area (Å²) >= 11 is 0. The number of benzene rings is 1. The van der Waals surface area contributed by atoms with Gasteiger partial charge in [0, 0.05) is 25.1 Å². The lowest BCUT2D eigenvalue weighted by atomic mass is 10.0. The van der Waals surface area contributed by atoms with E-state index in [9.17, 15) is 22.8 Å². The Bertz CT molecular complexity index is 680. The predicted octanol–water partition coefficient (Wildman–Crippen LogP) is 2.73. The average Bonchev–Trinajstić information content (AvgIpc) is 2.61. The maximum Gasteiger partial charge on any atom is 0.401 e. The van der Waals surface area contributed by atoms with E-state index in [-0.39, 0.29) is 18.4 Å². The largest absolute Gasteiger partial charge is 0.494 e. The van der Waals surface area contributed by atoms with Crippen LogP contribution in [0, 0.1) is 0 Å². The molecule has 9 heteroatoms. The Morgan fingerprint density at radius 2 is 2.07 bits per heavy atom. The summed E-state index contributed by atoms with van der Waals surface area (Å²) in [6.45, 7) is 0.0420. The van der Waals surface area contributed by atoms with E-state index >= 15 is 0 Å². The van der Waals surface area contributed by atoms with Crippen LogP contribution in [0.1, 0.15) is 31.2 Å². The van der Waals surface area contributed by atoms with E-state index in [4.69, 9.17) is 4.74 Å². The average molecular weight is 401 g/mol. The Morgan fingerprint density at radius 1 is 1.29 bits per heavy atom. The number of nitrogens with one attached hydrogen (secondary N) is 2. The van der Waals surface area contributed by atoms with Crippen molar-refractivity contribution in [3.8, 4) is 5.75 Å². The van der Waals surface area contributed by atoms with Crippen molar-refractivity contribution in [2.45, 2.75) is 38.3 Å². The van der Waals surface area contributed by atoms with Crippen LogP contribution in [0.5, 0.6) is 5.75 Å². The number of alkyl halides is 3. The second kappa shape index (κ2) is 10.3. The molecule has 0 saturated carbocycles. The van der Waals surface area contributed by atoms with Crippen LogP contribution in [0.3, 0.4) is 0 Å². The minimum absolute atomic E-state index is 0.0131. The van der Waals surface area contributed by atoms with Crippen molar-refractivity contribution in [3.63, 3.8) is 0 Å². The number of aryl methyl sites for hydroxylation is 1. The summed E-state index contributed by atoms with van der Waals surface area (Å²) in [5.41, 5.74) is 1.84. The third kappa shape index (κ3) is 8.16. The number of ether oxygens (including phenoxy) is 1. The van der Waals surface area contributed by atoms with E-state index in [0.717, 1.165) is 11.3 Å². The molecule has 0 unspecified atom stereocenters. The minimum Gasteiger partial charge on any atom is -0.494 e. The number of anilines is 1. The molecule has 0 fully saturated rings. The van der Waals surface area contributed by atoms with Crippen LogP contribution in [0.25, 0.3) is 0 Å². The fourth-order valence-electron chi connectivity index (χ4n) is 2.92. The molecular weight excluding hydrogens is 375 g/mol.